The van der Waals surface area contributed by atoms with Gasteiger partial charge in [0.2, 0.25) is 0 Å². The molecule has 0 saturated carbocycles. The van der Waals surface area contributed by atoms with Crippen LogP contribution in [0.4, 0.5) is 0 Å². The molecule has 0 amide bonds. The van der Waals surface area contributed by atoms with Crippen LogP contribution in [-0.2, 0) is 0 Å². The van der Waals surface area contributed by atoms with Crippen LogP contribution in [0.5, 0.6) is 0 Å². The molecule has 2 aromatic carbocycles. The molecule has 0 bridgehead atoms. The number of hydrogen-bond donors (Lipinski definition) is 0. The second-order valence-corrected chi connectivity index (χ2v) is 10.6. The molecule has 0 atom stereocenters. The highest BCUT2D eigenvalue weighted by Gasteiger charge is 1.99. The number of hydrogen-bond acceptors (Lipinski definition) is 2. The fraction of sp³-hybridized carbons (Fsp3) is 0. The Hall–Kier alpha value is -3.09. The average molecular weight is 395 g/mol. The summed E-state index contributed by atoms with van der Waals surface area (Å²) in [5.74, 6) is 0. The fourth-order valence-electron chi connectivity index (χ4n) is 3.11. The summed E-state index contributed by atoms with van der Waals surface area (Å²) >= 11 is 0. The lowest BCUT2D eigenvalue weighted by Crippen LogP contribution is -2.28. The lowest BCUT2D eigenvalue weighted by Gasteiger charge is -2.02. The summed E-state index contributed by atoms with van der Waals surface area (Å²) in [5.41, 5.74) is 2.46. The van der Waals surface area contributed by atoms with Gasteiger partial charge in [-0.15, -0.1) is 0 Å². The van der Waals surface area contributed by atoms with Gasteiger partial charge in [0.15, 0.2) is 0 Å². The molecule has 0 aliphatic carbocycles. The predicted octanol–water partition coefficient (Wildman–Crippen LogP) is 0.886. The van der Waals surface area contributed by atoms with Crippen molar-refractivity contribution in [2.45, 2.75) is 0 Å². The molecule has 0 saturated heterocycles. The normalized spacial score (nSPS) is 11.9. The van der Waals surface area contributed by atoms with Crippen LogP contribution in [0.15, 0.2) is 97.3 Å². The van der Waals surface area contributed by atoms with Crippen LogP contribution in [-0.4, -0.2) is 29.0 Å². The molecular weight excluding hydrogens is 372 g/mol. The van der Waals surface area contributed by atoms with Crippen LogP contribution >= 0.6 is 0 Å². The van der Waals surface area contributed by atoms with Gasteiger partial charge in [-0.3, -0.25) is 9.97 Å². The van der Waals surface area contributed by atoms with E-state index in [-0.39, 0.29) is 0 Å². The first-order valence-electron chi connectivity index (χ1n) is 9.51. The second kappa shape index (κ2) is 9.21. The molecule has 0 aliphatic rings. The summed E-state index contributed by atoms with van der Waals surface area (Å²) in [5, 5.41) is 5.31. The van der Waals surface area contributed by atoms with Crippen molar-refractivity contribution < 1.29 is 0 Å². The van der Waals surface area contributed by atoms with Crippen molar-refractivity contribution in [3.05, 3.63) is 108 Å². The van der Waals surface area contributed by atoms with E-state index in [0.29, 0.717) is 0 Å². The third kappa shape index (κ3) is 5.22. The smallest absolute Gasteiger partial charge is 0.111 e. The number of benzene rings is 2. The van der Waals surface area contributed by atoms with Gasteiger partial charge < -0.3 is 0 Å². The Balaban J connectivity index is 1.37. The molecular formula is C24H22N2Si2. The van der Waals surface area contributed by atoms with Crippen molar-refractivity contribution >= 4 is 52.2 Å². The SMILES string of the molecule is C(=Cc1ccc([SiH2]c2ccccn2)cc1)c1ccc([SiH2]c2ccccn2)cc1. The van der Waals surface area contributed by atoms with Gasteiger partial charge in [0.25, 0.3) is 0 Å². The molecule has 0 unspecified atom stereocenters. The zero-order valence-corrected chi connectivity index (χ0v) is 18.5. The summed E-state index contributed by atoms with van der Waals surface area (Å²) in [7, 11) is -0.962. The van der Waals surface area contributed by atoms with E-state index in [2.05, 4.69) is 94.9 Å². The fourth-order valence-corrected chi connectivity index (χ4v) is 5.79. The molecule has 2 heterocycles. The van der Waals surface area contributed by atoms with Crippen LogP contribution < -0.4 is 21.0 Å². The van der Waals surface area contributed by atoms with E-state index >= 15 is 0 Å². The van der Waals surface area contributed by atoms with E-state index in [1.807, 2.05) is 24.5 Å². The highest BCUT2D eigenvalue weighted by molar-refractivity contribution is 6.66. The molecule has 4 aromatic rings. The highest BCUT2D eigenvalue weighted by Crippen LogP contribution is 2.06. The topological polar surface area (TPSA) is 25.8 Å². The van der Waals surface area contributed by atoms with Gasteiger partial charge in [-0.25, -0.2) is 0 Å². The number of pyridine rings is 2. The van der Waals surface area contributed by atoms with E-state index in [1.165, 1.54) is 32.1 Å². The minimum Gasteiger partial charge on any atom is -0.266 e. The summed E-state index contributed by atoms with van der Waals surface area (Å²) in [4.78, 5) is 8.90. The quantitative estimate of drug-likeness (QED) is 0.359. The zero-order valence-electron chi connectivity index (χ0n) is 15.7. The molecule has 0 radical (unpaired) electrons. The van der Waals surface area contributed by atoms with Gasteiger partial charge in [0, 0.05) is 23.0 Å². The lowest BCUT2D eigenvalue weighted by atomic mass is 10.1. The number of rotatable bonds is 6. The third-order valence-corrected chi connectivity index (χ3v) is 7.97. The monoisotopic (exact) mass is 394 g/mol. The molecule has 0 spiro atoms. The first-order chi connectivity index (χ1) is 13.8. The minimum absolute atomic E-state index is 0.481. The lowest BCUT2D eigenvalue weighted by molar-refractivity contribution is 1.39. The Morgan fingerprint density at radius 1 is 0.500 bits per heavy atom. The Bertz CT molecular complexity index is 942. The van der Waals surface area contributed by atoms with Crippen LogP contribution in [0.25, 0.3) is 12.2 Å². The Morgan fingerprint density at radius 2 is 0.929 bits per heavy atom. The molecule has 4 heteroatoms. The molecule has 28 heavy (non-hydrogen) atoms. The van der Waals surface area contributed by atoms with Gasteiger partial charge in [0.05, 0.1) is 0 Å². The van der Waals surface area contributed by atoms with Crippen molar-refractivity contribution in [3.8, 4) is 0 Å². The molecule has 0 fully saturated rings. The molecule has 0 N–H and O–H groups in total. The number of aromatic nitrogens is 2. The third-order valence-electron chi connectivity index (χ3n) is 4.65. The minimum atomic E-state index is -0.481. The Kier molecular flexibility index (Phi) is 6.02. The first kappa shape index (κ1) is 18.3. The van der Waals surface area contributed by atoms with Gasteiger partial charge in [0.1, 0.15) is 19.0 Å². The largest absolute Gasteiger partial charge is 0.266 e. The standard InChI is InChI=1S/C24H22N2Si2/c1-3-17-25-23(5-1)27-21-13-9-19(10-14-21)7-8-20-11-15-22(16-12-20)28-24-6-2-4-18-26-24/h1-18H,27-28H2. The van der Waals surface area contributed by atoms with Crippen molar-refractivity contribution in [1.82, 2.24) is 9.97 Å². The van der Waals surface area contributed by atoms with E-state index in [9.17, 15) is 0 Å². The predicted molar refractivity (Wildman–Crippen MR) is 126 cm³/mol. The Labute approximate surface area is 170 Å². The molecule has 4 rings (SSSR count). The molecule has 2 nitrogen and oxygen atoms in total. The van der Waals surface area contributed by atoms with Crippen molar-refractivity contribution in [3.63, 3.8) is 0 Å². The maximum Gasteiger partial charge on any atom is 0.111 e. The van der Waals surface area contributed by atoms with Gasteiger partial charge in [-0.2, -0.15) is 0 Å². The summed E-state index contributed by atoms with van der Waals surface area (Å²) in [6.45, 7) is 0. The Morgan fingerprint density at radius 3 is 1.29 bits per heavy atom. The van der Waals surface area contributed by atoms with E-state index < -0.39 is 19.0 Å². The molecule has 136 valence electrons. The van der Waals surface area contributed by atoms with Crippen molar-refractivity contribution in [2.24, 2.45) is 0 Å². The van der Waals surface area contributed by atoms with Crippen molar-refractivity contribution in [1.29, 1.82) is 0 Å². The van der Waals surface area contributed by atoms with Crippen LogP contribution in [0.1, 0.15) is 11.1 Å². The van der Waals surface area contributed by atoms with Gasteiger partial charge in [-0.1, -0.05) is 83.2 Å². The van der Waals surface area contributed by atoms with Crippen molar-refractivity contribution in [2.75, 3.05) is 0 Å². The van der Waals surface area contributed by atoms with Crippen LogP contribution in [0.3, 0.4) is 0 Å². The van der Waals surface area contributed by atoms with E-state index in [0.717, 1.165) is 0 Å². The maximum atomic E-state index is 4.45. The first-order valence-corrected chi connectivity index (χ1v) is 12.3. The molecule has 2 aromatic heterocycles. The van der Waals surface area contributed by atoms with Crippen LogP contribution in [0, 0.1) is 0 Å². The summed E-state index contributed by atoms with van der Waals surface area (Å²) in [6.07, 6.45) is 8.11. The van der Waals surface area contributed by atoms with E-state index in [4.69, 9.17) is 0 Å². The molecule has 0 aliphatic heterocycles. The average Bonchev–Trinajstić information content (AvgIpc) is 2.76. The van der Waals surface area contributed by atoms with E-state index in [1.54, 1.807) is 0 Å². The summed E-state index contributed by atoms with van der Waals surface area (Å²) in [6, 6.07) is 30.1. The maximum absolute atomic E-state index is 4.45. The number of nitrogens with zero attached hydrogens (tertiary/aromatic N) is 2. The van der Waals surface area contributed by atoms with Crippen LogP contribution in [0.2, 0.25) is 0 Å². The summed E-state index contributed by atoms with van der Waals surface area (Å²) < 4.78 is 0. The van der Waals surface area contributed by atoms with Gasteiger partial charge in [-0.05, 0) is 35.4 Å². The second-order valence-electron chi connectivity index (χ2n) is 6.81. The highest BCUT2D eigenvalue weighted by atomic mass is 28.2. The van der Waals surface area contributed by atoms with Gasteiger partial charge >= 0.3 is 0 Å². The zero-order chi connectivity index (χ0) is 19.0.